The highest BCUT2D eigenvalue weighted by atomic mass is 15.2. The van der Waals surface area contributed by atoms with Gasteiger partial charge >= 0.3 is 0 Å². The minimum absolute atomic E-state index is 0.00273. The van der Waals surface area contributed by atoms with Gasteiger partial charge in [0, 0.05) is 93.8 Å². The number of rotatable bonds is 8. The monoisotopic (exact) mass is 1600 g/mol. The molecule has 0 saturated carbocycles. The smallest absolute Gasteiger partial charge is 0.252 e. The summed E-state index contributed by atoms with van der Waals surface area (Å²) in [6, 6.07) is 114. The van der Waals surface area contributed by atoms with Crippen LogP contribution in [0.3, 0.4) is 0 Å². The van der Waals surface area contributed by atoms with Crippen LogP contribution in [0.4, 0.5) is 34.1 Å². The predicted molar refractivity (Wildman–Crippen MR) is 533 cm³/mol. The van der Waals surface area contributed by atoms with Crippen molar-refractivity contribution >= 4 is 160 Å². The first kappa shape index (κ1) is 66.5. The Morgan fingerprint density at radius 2 is 0.621 bits per heavy atom. The summed E-state index contributed by atoms with van der Waals surface area (Å²) in [5, 5.41) is 10.9. The first-order chi connectivity index (χ1) is 63.4. The lowest BCUT2D eigenvalue weighted by atomic mass is 9.33. The van der Waals surface area contributed by atoms with Crippen LogP contribution in [0.1, 0.15) is 116 Å². The lowest BCUT2D eigenvalue weighted by molar-refractivity contribution is 0.590. The van der Waals surface area contributed by atoms with Gasteiger partial charge < -0.3 is 23.3 Å². The van der Waals surface area contributed by atoms with Crippen molar-refractivity contribution in [2.24, 2.45) is 0 Å². The number of para-hydroxylation sites is 4. The normalized spacial score (nSPS) is 14.0. The molecule has 596 valence electrons. The molecule has 4 aromatic heterocycles. The molecule has 0 radical (unpaired) electrons. The topological polar surface area (TPSA) is 20.8 Å². The molecule has 124 heavy (non-hydrogen) atoms. The van der Waals surface area contributed by atoms with Crippen LogP contribution >= 0.6 is 0 Å². The molecule has 6 heterocycles. The Morgan fingerprint density at radius 1 is 0.250 bits per heavy atom. The van der Waals surface area contributed by atoms with Gasteiger partial charge in [-0.2, -0.15) is 0 Å². The fourth-order valence-electron chi connectivity index (χ4n) is 20.5. The average molecular weight is 1600 g/mol. The van der Waals surface area contributed by atoms with Gasteiger partial charge in [0.25, 0.3) is 6.71 Å². The Bertz CT molecular complexity index is 8330. The van der Waals surface area contributed by atoms with Crippen LogP contribution in [0.5, 0.6) is 0 Å². The Kier molecular flexibility index (Phi) is 14.8. The minimum atomic E-state index is -0.640. The highest BCUT2D eigenvalue weighted by Crippen LogP contribution is 2.58. The van der Waals surface area contributed by atoms with E-state index in [0.29, 0.717) is 5.69 Å². The van der Waals surface area contributed by atoms with E-state index in [4.69, 9.17) is 0 Å². The predicted octanol–water partition coefficient (Wildman–Crippen LogP) is 30.4. The van der Waals surface area contributed by atoms with Crippen LogP contribution in [-0.2, 0) is 21.7 Å². The number of anilines is 6. The van der Waals surface area contributed by atoms with E-state index in [1.807, 2.05) is 6.07 Å². The van der Waals surface area contributed by atoms with Crippen LogP contribution < -0.4 is 26.2 Å². The van der Waals surface area contributed by atoms with Crippen molar-refractivity contribution in [3.8, 4) is 55.9 Å². The third kappa shape index (κ3) is 11.5. The summed E-state index contributed by atoms with van der Waals surface area (Å²) >= 11 is 0. The van der Waals surface area contributed by atoms with Crippen molar-refractivity contribution in [3.63, 3.8) is 0 Å². The Hall–Kier alpha value is -14.2. The van der Waals surface area contributed by atoms with E-state index in [1.165, 1.54) is 27.5 Å². The minimum Gasteiger partial charge on any atom is -0.310 e. The zero-order valence-corrected chi connectivity index (χ0v) is 71.8. The molecule has 0 aliphatic carbocycles. The van der Waals surface area contributed by atoms with Gasteiger partial charge in [-0.05, 0) is 201 Å². The maximum atomic E-state index is 10.2. The third-order valence-corrected chi connectivity index (χ3v) is 26.6. The molecule has 0 N–H and O–H groups in total. The van der Waals surface area contributed by atoms with E-state index in [-0.39, 0.29) is 50.1 Å². The summed E-state index contributed by atoms with van der Waals surface area (Å²) in [5.74, 6) is 0. The van der Waals surface area contributed by atoms with Gasteiger partial charge in [-0.15, -0.1) is 0 Å². The van der Waals surface area contributed by atoms with Gasteiger partial charge in [0.2, 0.25) is 0 Å². The highest BCUT2D eigenvalue weighted by Gasteiger charge is 2.48. The van der Waals surface area contributed by atoms with Crippen LogP contribution in [0.15, 0.2) is 364 Å². The summed E-state index contributed by atoms with van der Waals surface area (Å²) < 4.78 is 84.5. The summed E-state index contributed by atoms with van der Waals surface area (Å²) in [7, 11) is 0. The molecule has 0 saturated heterocycles. The van der Waals surface area contributed by atoms with Gasteiger partial charge in [0.15, 0.2) is 0 Å². The van der Waals surface area contributed by atoms with E-state index in [9.17, 15) is 11.0 Å². The number of aromatic nitrogens is 3. The summed E-state index contributed by atoms with van der Waals surface area (Å²) in [6.45, 7) is 27.0. The second kappa shape index (κ2) is 27.7. The third-order valence-electron chi connectivity index (χ3n) is 26.6. The quantitative estimate of drug-likeness (QED) is 0.141. The van der Waals surface area contributed by atoms with Crippen molar-refractivity contribution in [2.75, 3.05) is 9.80 Å². The number of fused-ring (bicyclic) bond motifs is 21. The maximum Gasteiger partial charge on any atom is 0.252 e. The average Bonchev–Trinajstić information content (AvgIpc) is 1.33. The molecule has 23 rings (SSSR count). The molecule has 0 spiro atoms. The molecular weight excluding hydrogens is 1500 g/mol. The van der Waals surface area contributed by atoms with E-state index in [1.54, 1.807) is 4.57 Å². The van der Waals surface area contributed by atoms with Crippen LogP contribution in [0, 0.1) is 0 Å². The molecule has 2 aliphatic rings. The zero-order chi connectivity index (χ0) is 91.1. The maximum absolute atomic E-state index is 10.2. The molecule has 0 amide bonds. The molecule has 0 bridgehead atoms. The van der Waals surface area contributed by atoms with E-state index >= 15 is 0 Å². The second-order valence-corrected chi connectivity index (χ2v) is 38.2. The SMILES string of the molecule is [2H]c1c([2H])c([2H])c2c(c1[2H])c1c([2H])c([2H])c([2H])c([2H])c1n2-c1ccc2c(c1)N(c1c(-c3ccccc3)cc(C(C)(C)C)cc1-c1ccccc1)c1cc3c(c4c1B2c1ccc(-n2c5ccc(C(C)(C)C)cc5c5cc(C(C)(C)C)ccc52)cc1N4c1c(-c2ccccc2)cc(C(C)(C)C)cc1-c1ccccc1)c1cccc2c4ccccc4c4ccccc4c4ccccc4n3c21. The summed E-state index contributed by atoms with van der Waals surface area (Å²) in [6.07, 6.45) is 0. The van der Waals surface area contributed by atoms with Gasteiger partial charge in [0.1, 0.15) is 0 Å². The number of hydrogen-bond donors (Lipinski definition) is 0. The fourth-order valence-corrected chi connectivity index (χ4v) is 20.5. The fraction of sp³-hybridized carbons (Fsp3) is 0.136. The molecule has 6 heteroatoms. The Balaban J connectivity index is 1.00. The Labute approximate surface area is 737 Å². The van der Waals surface area contributed by atoms with Crippen molar-refractivity contribution in [1.29, 1.82) is 0 Å². The lowest BCUT2D eigenvalue weighted by Gasteiger charge is -2.46. The molecule has 0 fully saturated rings. The number of benzene rings is 17. The number of hydrogen-bond acceptors (Lipinski definition) is 2. The first-order valence-electron chi connectivity index (χ1n) is 47.4. The van der Waals surface area contributed by atoms with Crippen LogP contribution in [0.2, 0.25) is 0 Å². The molecule has 17 aromatic carbocycles. The number of nitrogens with zero attached hydrogens (tertiary/aromatic N) is 5. The van der Waals surface area contributed by atoms with Crippen LogP contribution in [-0.4, -0.2) is 20.2 Å². The zero-order valence-electron chi connectivity index (χ0n) is 79.8. The summed E-state index contributed by atoms with van der Waals surface area (Å²) in [4.78, 5) is 5.23. The van der Waals surface area contributed by atoms with Gasteiger partial charge in [0.05, 0.1) is 66.6 Å². The van der Waals surface area contributed by atoms with Crippen molar-refractivity contribution in [1.82, 2.24) is 13.5 Å². The van der Waals surface area contributed by atoms with Crippen molar-refractivity contribution in [2.45, 2.75) is 105 Å². The molecule has 0 atom stereocenters. The summed E-state index contributed by atoms with van der Waals surface area (Å²) in [5.41, 5.74) is 26.4. The molecule has 0 unspecified atom stereocenters. The standard InChI is InChI=1S/C118H96BN5/c1-115(2,3)77-56-62-103-96(64-77)97-65-78(116(4,5)6)57-63-104(97)121(103)82-59-61-99-106(71-82)124(113-94(75-40-21-15-22-41-75)68-80(118(10,11)12)69-95(113)76-42-23-16-24-43-76)114-109-91-52-35-51-90-86-47-28-26-45-84(86)83-44-25-27-46-85(83)87-48-29-34-55-102(87)122(111(90)91)107(109)72-108-110(114)119(99)98-60-58-81(120-100-53-32-30-49-88(100)89-50-31-33-54-101(89)120)70-105(98)123(108)112-92(73-36-17-13-18-37-73)66-79(117(7,8)9)67-93(112)74-38-19-14-20-39-74/h13-72H,1-12H3/i30D,31D,32D,33D,49D,50D,53D,54D. The van der Waals surface area contributed by atoms with Crippen molar-refractivity contribution in [3.05, 3.63) is 386 Å². The lowest BCUT2D eigenvalue weighted by Crippen LogP contribution is -2.61. The molecule has 5 nitrogen and oxygen atoms in total. The largest absolute Gasteiger partial charge is 0.310 e. The van der Waals surface area contributed by atoms with Gasteiger partial charge in [-0.25, -0.2) is 0 Å². The van der Waals surface area contributed by atoms with E-state index in [2.05, 4.69) is 411 Å². The van der Waals surface area contributed by atoms with Crippen LogP contribution in [0.25, 0.3) is 159 Å². The van der Waals surface area contributed by atoms with Crippen molar-refractivity contribution < 1.29 is 11.0 Å². The van der Waals surface area contributed by atoms with Gasteiger partial charge in [-0.3, -0.25) is 0 Å². The Morgan fingerprint density at radius 3 is 1.07 bits per heavy atom. The second-order valence-electron chi connectivity index (χ2n) is 38.2. The van der Waals surface area contributed by atoms with E-state index in [0.717, 1.165) is 177 Å². The molecular formula is C118H96BN5. The van der Waals surface area contributed by atoms with E-state index < -0.39 is 48.4 Å². The molecule has 21 aromatic rings. The first-order valence-corrected chi connectivity index (χ1v) is 43.4. The molecule has 2 aliphatic heterocycles. The highest BCUT2D eigenvalue weighted by molar-refractivity contribution is 7.00. The van der Waals surface area contributed by atoms with Gasteiger partial charge in [-0.1, -0.05) is 350 Å².